The summed E-state index contributed by atoms with van der Waals surface area (Å²) in [5, 5.41) is 1.20. The number of carbonyl (C=O) groups is 1. The largest absolute Gasteiger partial charge is 0.339 e. The summed E-state index contributed by atoms with van der Waals surface area (Å²) in [6, 6.07) is 4.79. The summed E-state index contributed by atoms with van der Waals surface area (Å²) in [6.45, 7) is 0.766. The Balaban J connectivity index is 2.10. The summed E-state index contributed by atoms with van der Waals surface area (Å²) in [6.07, 6.45) is 4.20. The first-order chi connectivity index (χ1) is 9.63. The van der Waals surface area contributed by atoms with Crippen LogP contribution >= 0.6 is 27.5 Å². The van der Waals surface area contributed by atoms with Crippen LogP contribution in [0, 0.1) is 5.82 Å². The second-order valence-electron chi connectivity index (χ2n) is 5.09. The minimum Gasteiger partial charge on any atom is -0.339 e. The standard InChI is InChI=1S/C15H18BrClFNO/c16-8-7-11-4-1-2-9-19(11)15(20)10-12-13(17)5-3-6-14(12)18/h3,5-6,11H,1-2,4,7-10H2. The minimum absolute atomic E-state index is 0.0253. The quantitative estimate of drug-likeness (QED) is 0.736. The van der Waals surface area contributed by atoms with Gasteiger partial charge in [-0.2, -0.15) is 0 Å². The second kappa shape index (κ2) is 7.41. The van der Waals surface area contributed by atoms with Gasteiger partial charge in [-0.05, 0) is 37.8 Å². The predicted molar refractivity (Wildman–Crippen MR) is 82.9 cm³/mol. The number of hydrogen-bond acceptors (Lipinski definition) is 1. The number of rotatable bonds is 4. The van der Waals surface area contributed by atoms with Gasteiger partial charge in [-0.15, -0.1) is 0 Å². The van der Waals surface area contributed by atoms with E-state index in [0.29, 0.717) is 10.6 Å². The molecule has 0 aromatic heterocycles. The van der Waals surface area contributed by atoms with Crippen molar-refractivity contribution in [3.63, 3.8) is 0 Å². The Kier molecular flexibility index (Phi) is 5.85. The summed E-state index contributed by atoms with van der Waals surface area (Å²) in [5.74, 6) is -0.428. The van der Waals surface area contributed by atoms with Crippen molar-refractivity contribution >= 4 is 33.4 Å². The van der Waals surface area contributed by atoms with Crippen molar-refractivity contribution < 1.29 is 9.18 Å². The number of hydrogen-bond donors (Lipinski definition) is 0. The average Bonchev–Trinajstić information content (AvgIpc) is 2.44. The molecule has 0 aliphatic carbocycles. The topological polar surface area (TPSA) is 20.3 Å². The number of alkyl halides is 1. The highest BCUT2D eigenvalue weighted by Crippen LogP contribution is 2.24. The summed E-state index contributed by atoms with van der Waals surface area (Å²) in [5.41, 5.74) is 0.308. The smallest absolute Gasteiger partial charge is 0.227 e. The summed E-state index contributed by atoms with van der Waals surface area (Å²) in [4.78, 5) is 14.3. The lowest BCUT2D eigenvalue weighted by Gasteiger charge is -2.35. The van der Waals surface area contributed by atoms with Gasteiger partial charge in [-0.1, -0.05) is 33.6 Å². The van der Waals surface area contributed by atoms with Crippen molar-refractivity contribution in [3.8, 4) is 0 Å². The lowest BCUT2D eigenvalue weighted by molar-refractivity contribution is -0.134. The van der Waals surface area contributed by atoms with Gasteiger partial charge in [-0.3, -0.25) is 4.79 Å². The van der Waals surface area contributed by atoms with Crippen LogP contribution in [-0.4, -0.2) is 28.7 Å². The summed E-state index contributed by atoms with van der Waals surface area (Å²) < 4.78 is 13.8. The van der Waals surface area contributed by atoms with Crippen molar-refractivity contribution in [2.24, 2.45) is 0 Å². The second-order valence-corrected chi connectivity index (χ2v) is 6.29. The van der Waals surface area contributed by atoms with Crippen molar-refractivity contribution in [1.29, 1.82) is 0 Å². The number of benzene rings is 1. The Labute approximate surface area is 132 Å². The van der Waals surface area contributed by atoms with Crippen molar-refractivity contribution in [2.45, 2.75) is 38.1 Å². The molecule has 1 atom stereocenters. The molecule has 20 heavy (non-hydrogen) atoms. The third-order valence-electron chi connectivity index (χ3n) is 3.78. The molecule has 0 saturated carbocycles. The van der Waals surface area contributed by atoms with Gasteiger partial charge in [-0.25, -0.2) is 4.39 Å². The molecule has 2 rings (SSSR count). The summed E-state index contributed by atoms with van der Waals surface area (Å²) in [7, 11) is 0. The fraction of sp³-hybridized carbons (Fsp3) is 0.533. The Morgan fingerprint density at radius 1 is 1.45 bits per heavy atom. The van der Waals surface area contributed by atoms with E-state index in [1.165, 1.54) is 6.07 Å². The molecular weight excluding hydrogens is 345 g/mol. The first kappa shape index (κ1) is 15.8. The van der Waals surface area contributed by atoms with Gasteiger partial charge in [0.1, 0.15) is 5.82 Å². The molecule has 110 valence electrons. The van der Waals surface area contributed by atoms with Crippen LogP contribution in [-0.2, 0) is 11.2 Å². The van der Waals surface area contributed by atoms with Crippen LogP contribution in [0.5, 0.6) is 0 Å². The van der Waals surface area contributed by atoms with Crippen molar-refractivity contribution in [3.05, 3.63) is 34.6 Å². The summed E-state index contributed by atoms with van der Waals surface area (Å²) >= 11 is 9.42. The molecule has 1 aliphatic rings. The number of nitrogens with zero attached hydrogens (tertiary/aromatic N) is 1. The molecule has 1 aromatic carbocycles. The number of carbonyl (C=O) groups excluding carboxylic acids is 1. The number of amides is 1. The molecule has 1 fully saturated rings. The van der Waals surface area contributed by atoms with Gasteiger partial charge in [0.05, 0.1) is 6.42 Å². The molecule has 1 aliphatic heterocycles. The normalized spacial score (nSPS) is 19.1. The molecule has 0 bridgehead atoms. The molecule has 0 spiro atoms. The van der Waals surface area contributed by atoms with Gasteiger partial charge in [0.25, 0.3) is 0 Å². The lowest BCUT2D eigenvalue weighted by Crippen LogP contribution is -2.44. The third kappa shape index (κ3) is 3.73. The Morgan fingerprint density at radius 2 is 2.25 bits per heavy atom. The fourth-order valence-corrected chi connectivity index (χ4v) is 3.47. The molecule has 1 unspecified atom stereocenters. The van der Waals surface area contributed by atoms with Crippen LogP contribution < -0.4 is 0 Å². The SMILES string of the molecule is O=C(Cc1c(F)cccc1Cl)N1CCCCC1CCBr. The zero-order valence-corrected chi connectivity index (χ0v) is 13.6. The van der Waals surface area contributed by atoms with Crippen LogP contribution in [0.2, 0.25) is 5.02 Å². The van der Waals surface area contributed by atoms with Crippen molar-refractivity contribution in [1.82, 2.24) is 4.90 Å². The highest BCUT2D eigenvalue weighted by Gasteiger charge is 2.27. The lowest BCUT2D eigenvalue weighted by atomic mass is 9.99. The Bertz CT molecular complexity index is 461. The maximum atomic E-state index is 13.8. The average molecular weight is 363 g/mol. The monoisotopic (exact) mass is 361 g/mol. The van der Waals surface area contributed by atoms with E-state index in [1.54, 1.807) is 12.1 Å². The van der Waals surface area contributed by atoms with E-state index in [-0.39, 0.29) is 18.4 Å². The number of piperidine rings is 1. The minimum atomic E-state index is -0.403. The first-order valence-corrected chi connectivity index (χ1v) is 8.41. The van der Waals surface area contributed by atoms with E-state index in [1.807, 2.05) is 4.90 Å². The van der Waals surface area contributed by atoms with E-state index in [0.717, 1.165) is 37.6 Å². The first-order valence-electron chi connectivity index (χ1n) is 6.92. The molecule has 0 N–H and O–H groups in total. The predicted octanol–water partition coefficient (Wildman–Crippen LogP) is 4.19. The van der Waals surface area contributed by atoms with Gasteiger partial charge in [0, 0.05) is 28.5 Å². The maximum absolute atomic E-state index is 13.8. The van der Waals surface area contributed by atoms with Crippen LogP contribution in [0.1, 0.15) is 31.2 Å². The fourth-order valence-electron chi connectivity index (χ4n) is 2.71. The molecule has 1 aromatic rings. The van der Waals surface area contributed by atoms with Gasteiger partial charge in [0.2, 0.25) is 5.91 Å². The van der Waals surface area contributed by atoms with Gasteiger partial charge < -0.3 is 4.90 Å². The molecular formula is C15H18BrClFNO. The molecule has 0 radical (unpaired) electrons. The van der Waals surface area contributed by atoms with Crippen LogP contribution in [0.25, 0.3) is 0 Å². The Morgan fingerprint density at radius 3 is 2.95 bits per heavy atom. The van der Waals surface area contributed by atoms with Crippen LogP contribution in [0.3, 0.4) is 0 Å². The van der Waals surface area contributed by atoms with Crippen LogP contribution in [0.15, 0.2) is 18.2 Å². The maximum Gasteiger partial charge on any atom is 0.227 e. The number of likely N-dealkylation sites (tertiary alicyclic amines) is 1. The highest BCUT2D eigenvalue weighted by atomic mass is 79.9. The zero-order chi connectivity index (χ0) is 14.5. The van der Waals surface area contributed by atoms with Gasteiger partial charge >= 0.3 is 0 Å². The van der Waals surface area contributed by atoms with Crippen LogP contribution in [0.4, 0.5) is 4.39 Å². The van der Waals surface area contributed by atoms with E-state index >= 15 is 0 Å². The molecule has 1 heterocycles. The van der Waals surface area contributed by atoms with E-state index in [9.17, 15) is 9.18 Å². The van der Waals surface area contributed by atoms with Crippen molar-refractivity contribution in [2.75, 3.05) is 11.9 Å². The molecule has 5 heteroatoms. The van der Waals surface area contributed by atoms with E-state index in [4.69, 9.17) is 11.6 Å². The van der Waals surface area contributed by atoms with Gasteiger partial charge in [0.15, 0.2) is 0 Å². The Hall–Kier alpha value is -0.610. The van der Waals surface area contributed by atoms with E-state index < -0.39 is 5.82 Å². The molecule has 1 amide bonds. The molecule has 1 saturated heterocycles. The molecule has 2 nitrogen and oxygen atoms in total. The van der Waals surface area contributed by atoms with E-state index in [2.05, 4.69) is 15.9 Å². The number of halogens is 3. The third-order valence-corrected chi connectivity index (χ3v) is 4.59. The highest BCUT2D eigenvalue weighted by molar-refractivity contribution is 9.09. The zero-order valence-electron chi connectivity index (χ0n) is 11.2.